The summed E-state index contributed by atoms with van der Waals surface area (Å²) >= 11 is 5.16. The average Bonchev–Trinajstić information content (AvgIpc) is 2.99. The van der Waals surface area contributed by atoms with Gasteiger partial charge in [-0.2, -0.15) is 0 Å². The summed E-state index contributed by atoms with van der Waals surface area (Å²) in [7, 11) is 0. The second kappa shape index (κ2) is 4.95. The number of nitrogens with one attached hydrogen (secondary N) is 2. The number of hydrogen-bond donors (Lipinski definition) is 2. The van der Waals surface area contributed by atoms with Crippen LogP contribution in [0.2, 0.25) is 0 Å². The van der Waals surface area contributed by atoms with Crippen molar-refractivity contribution in [1.29, 1.82) is 0 Å². The van der Waals surface area contributed by atoms with Crippen LogP contribution < -0.4 is 5.32 Å². The maximum Gasteiger partial charge on any atom is 0.131 e. The van der Waals surface area contributed by atoms with Gasteiger partial charge in [-0.3, -0.25) is 0 Å². The first-order valence-corrected chi connectivity index (χ1v) is 6.41. The van der Waals surface area contributed by atoms with Crippen molar-refractivity contribution in [3.05, 3.63) is 16.5 Å². The van der Waals surface area contributed by atoms with Gasteiger partial charge in [0.05, 0.1) is 0 Å². The molecular weight excluding hydrogens is 218 g/mol. The van der Waals surface area contributed by atoms with Crippen LogP contribution >= 0.6 is 12.2 Å². The van der Waals surface area contributed by atoms with Gasteiger partial charge in [0.1, 0.15) is 16.3 Å². The lowest BCUT2D eigenvalue weighted by Crippen LogP contribution is -2.07. The van der Waals surface area contributed by atoms with Gasteiger partial charge in [-0.25, -0.2) is 4.98 Å². The monoisotopic (exact) mass is 237 g/mol. The molecule has 0 spiro atoms. The minimum absolute atomic E-state index is 0.619. The summed E-state index contributed by atoms with van der Waals surface area (Å²) < 4.78 is 0.688. The van der Waals surface area contributed by atoms with Crippen molar-refractivity contribution in [3.63, 3.8) is 0 Å². The van der Waals surface area contributed by atoms with Gasteiger partial charge < -0.3 is 10.3 Å². The van der Waals surface area contributed by atoms with Crippen molar-refractivity contribution in [2.24, 2.45) is 5.92 Å². The highest BCUT2D eigenvalue weighted by Crippen LogP contribution is 2.38. The number of H-pyrrole nitrogens is 1. The summed E-state index contributed by atoms with van der Waals surface area (Å²) in [5.74, 6) is 3.41. The van der Waals surface area contributed by atoms with Crippen molar-refractivity contribution >= 4 is 18.0 Å². The van der Waals surface area contributed by atoms with Gasteiger partial charge >= 0.3 is 0 Å². The fourth-order valence-corrected chi connectivity index (χ4v) is 1.83. The Morgan fingerprint density at radius 1 is 1.56 bits per heavy atom. The lowest BCUT2D eigenvalue weighted by Gasteiger charge is -2.09. The first-order valence-electron chi connectivity index (χ1n) is 6.00. The zero-order chi connectivity index (χ0) is 11.5. The van der Waals surface area contributed by atoms with E-state index < -0.39 is 0 Å². The van der Waals surface area contributed by atoms with E-state index in [2.05, 4.69) is 29.1 Å². The van der Waals surface area contributed by atoms with Crippen LogP contribution in [0.3, 0.4) is 0 Å². The third-order valence-electron chi connectivity index (χ3n) is 2.76. The first-order chi connectivity index (χ1) is 7.65. The Morgan fingerprint density at radius 2 is 2.31 bits per heavy atom. The molecule has 16 heavy (non-hydrogen) atoms. The highest BCUT2D eigenvalue weighted by molar-refractivity contribution is 7.71. The molecule has 0 amide bonds. The fraction of sp³-hybridized carbons (Fsp3) is 0.667. The second-order valence-electron chi connectivity index (χ2n) is 4.90. The van der Waals surface area contributed by atoms with Gasteiger partial charge in [0.25, 0.3) is 0 Å². The van der Waals surface area contributed by atoms with Crippen LogP contribution in [0.15, 0.2) is 6.07 Å². The third kappa shape index (κ3) is 3.30. The van der Waals surface area contributed by atoms with Crippen molar-refractivity contribution in [3.8, 4) is 0 Å². The maximum absolute atomic E-state index is 5.16. The summed E-state index contributed by atoms with van der Waals surface area (Å²) in [6, 6.07) is 1.90. The number of aromatic amines is 1. The molecule has 1 aromatic rings. The lowest BCUT2D eigenvalue weighted by atomic mass is 10.1. The van der Waals surface area contributed by atoms with E-state index in [1.165, 1.54) is 19.3 Å². The number of nitrogens with zero attached hydrogens (tertiary/aromatic N) is 1. The Kier molecular flexibility index (Phi) is 3.59. The molecule has 1 heterocycles. The van der Waals surface area contributed by atoms with Crippen LogP contribution in [0.1, 0.15) is 44.9 Å². The van der Waals surface area contributed by atoms with E-state index in [4.69, 9.17) is 12.2 Å². The Labute approximate surface area is 102 Å². The molecule has 0 aliphatic heterocycles. The molecule has 2 rings (SSSR count). The molecule has 0 atom stereocenters. The largest absolute Gasteiger partial charge is 0.372 e. The molecule has 0 bridgehead atoms. The number of hydrogen-bond acceptors (Lipinski definition) is 3. The van der Waals surface area contributed by atoms with Crippen LogP contribution in [0.5, 0.6) is 0 Å². The Morgan fingerprint density at radius 3 is 2.94 bits per heavy atom. The van der Waals surface area contributed by atoms with Crippen LogP contribution in [-0.4, -0.2) is 16.5 Å². The highest BCUT2D eigenvalue weighted by Gasteiger charge is 2.25. The van der Waals surface area contributed by atoms with Gasteiger partial charge in [0.2, 0.25) is 0 Å². The minimum atomic E-state index is 0.619. The minimum Gasteiger partial charge on any atom is -0.372 e. The molecule has 88 valence electrons. The second-order valence-corrected chi connectivity index (χ2v) is 5.32. The molecule has 0 unspecified atom stereocenters. The maximum atomic E-state index is 5.16. The Bertz CT molecular complexity index is 407. The third-order valence-corrected chi connectivity index (χ3v) is 2.97. The van der Waals surface area contributed by atoms with Crippen LogP contribution in [-0.2, 0) is 0 Å². The smallest absolute Gasteiger partial charge is 0.131 e. The molecule has 2 N–H and O–H groups in total. The summed E-state index contributed by atoms with van der Waals surface area (Å²) in [6.45, 7) is 5.44. The Hall–Kier alpha value is -0.900. The number of anilines is 1. The van der Waals surface area contributed by atoms with Crippen molar-refractivity contribution in [1.82, 2.24) is 9.97 Å². The molecule has 1 aromatic heterocycles. The molecule has 1 aliphatic rings. The summed E-state index contributed by atoms with van der Waals surface area (Å²) in [6.07, 6.45) is 3.66. The lowest BCUT2D eigenvalue weighted by molar-refractivity contribution is 0.606. The van der Waals surface area contributed by atoms with Crippen LogP contribution in [0.4, 0.5) is 5.82 Å². The quantitative estimate of drug-likeness (QED) is 0.770. The SMILES string of the molecule is CC(C)CCNc1cc(=S)nc(C2CC2)[nH]1. The molecule has 4 heteroatoms. The van der Waals surface area contributed by atoms with E-state index in [0.29, 0.717) is 10.6 Å². The predicted octanol–water partition coefficient (Wildman–Crippen LogP) is 3.47. The standard InChI is InChI=1S/C12H19N3S/c1-8(2)5-6-13-10-7-11(16)15-12(14-10)9-3-4-9/h7-9H,3-6H2,1-2H3,(H2,13,14,15,16). The summed E-state index contributed by atoms with van der Waals surface area (Å²) in [5, 5.41) is 3.38. The Balaban J connectivity index is 2.00. The zero-order valence-electron chi connectivity index (χ0n) is 9.92. The molecule has 1 saturated carbocycles. The van der Waals surface area contributed by atoms with E-state index in [-0.39, 0.29) is 0 Å². The molecule has 1 fully saturated rings. The molecule has 0 saturated heterocycles. The summed E-state index contributed by atoms with van der Waals surface area (Å²) in [4.78, 5) is 7.69. The van der Waals surface area contributed by atoms with Crippen molar-refractivity contribution in [2.75, 3.05) is 11.9 Å². The summed E-state index contributed by atoms with van der Waals surface area (Å²) in [5.41, 5.74) is 0. The topological polar surface area (TPSA) is 40.7 Å². The zero-order valence-corrected chi connectivity index (χ0v) is 10.7. The highest BCUT2D eigenvalue weighted by atomic mass is 32.1. The van der Waals surface area contributed by atoms with E-state index in [1.807, 2.05) is 6.07 Å². The van der Waals surface area contributed by atoms with E-state index in [0.717, 1.165) is 24.1 Å². The van der Waals surface area contributed by atoms with Gasteiger partial charge in [-0.15, -0.1) is 0 Å². The van der Waals surface area contributed by atoms with E-state index in [9.17, 15) is 0 Å². The van der Waals surface area contributed by atoms with Crippen molar-refractivity contribution < 1.29 is 0 Å². The van der Waals surface area contributed by atoms with Gasteiger partial charge in [-0.1, -0.05) is 26.1 Å². The molecule has 0 radical (unpaired) electrons. The molecule has 1 aliphatic carbocycles. The normalized spacial score (nSPS) is 15.4. The number of aromatic nitrogens is 2. The fourth-order valence-electron chi connectivity index (χ4n) is 1.62. The number of rotatable bonds is 5. The van der Waals surface area contributed by atoms with Crippen LogP contribution in [0.25, 0.3) is 0 Å². The predicted molar refractivity (Wildman–Crippen MR) is 69.3 cm³/mol. The molecular formula is C12H19N3S. The first kappa shape index (κ1) is 11.6. The van der Waals surface area contributed by atoms with Gasteiger partial charge in [0.15, 0.2) is 0 Å². The van der Waals surface area contributed by atoms with E-state index >= 15 is 0 Å². The molecule has 0 aromatic carbocycles. The van der Waals surface area contributed by atoms with Gasteiger partial charge in [-0.05, 0) is 25.2 Å². The molecule has 3 nitrogen and oxygen atoms in total. The van der Waals surface area contributed by atoms with E-state index in [1.54, 1.807) is 0 Å². The van der Waals surface area contributed by atoms with Crippen LogP contribution in [0, 0.1) is 10.6 Å². The average molecular weight is 237 g/mol. The van der Waals surface area contributed by atoms with Crippen molar-refractivity contribution in [2.45, 2.75) is 39.0 Å². The van der Waals surface area contributed by atoms with Gasteiger partial charge in [0, 0.05) is 18.5 Å².